The fourth-order valence-corrected chi connectivity index (χ4v) is 2.02. The number of nitrogens with zero attached hydrogens (tertiary/aromatic N) is 2. The standard InChI is InChI=1S/C14H27N3O/c1-4-9-15-13(8-12-18-11-5-2)14-7-10-16-17(14)6-3/h7,10,13,15H,4-6,8-9,11-12H2,1-3H3. The molecule has 1 atom stereocenters. The van der Waals surface area contributed by atoms with Crippen molar-refractivity contribution < 1.29 is 4.74 Å². The van der Waals surface area contributed by atoms with Crippen LogP contribution in [0.2, 0.25) is 0 Å². The lowest BCUT2D eigenvalue weighted by molar-refractivity contribution is 0.123. The lowest BCUT2D eigenvalue weighted by Crippen LogP contribution is -2.26. The molecule has 0 saturated heterocycles. The van der Waals surface area contributed by atoms with Crippen LogP contribution in [0.15, 0.2) is 12.3 Å². The van der Waals surface area contributed by atoms with E-state index >= 15 is 0 Å². The number of rotatable bonds is 10. The molecule has 0 spiro atoms. The van der Waals surface area contributed by atoms with Crippen LogP contribution in [0.25, 0.3) is 0 Å². The average molecular weight is 253 g/mol. The van der Waals surface area contributed by atoms with Crippen molar-refractivity contribution in [3.05, 3.63) is 18.0 Å². The van der Waals surface area contributed by atoms with E-state index in [4.69, 9.17) is 4.74 Å². The van der Waals surface area contributed by atoms with Crippen LogP contribution in [0, 0.1) is 0 Å². The second-order valence-corrected chi connectivity index (χ2v) is 4.48. The summed E-state index contributed by atoms with van der Waals surface area (Å²) in [5, 5.41) is 7.93. The van der Waals surface area contributed by atoms with Gasteiger partial charge in [-0.1, -0.05) is 13.8 Å². The van der Waals surface area contributed by atoms with Crippen LogP contribution >= 0.6 is 0 Å². The van der Waals surface area contributed by atoms with Crippen molar-refractivity contribution in [3.63, 3.8) is 0 Å². The zero-order valence-electron chi connectivity index (χ0n) is 12.0. The summed E-state index contributed by atoms with van der Waals surface area (Å²) in [6.45, 7) is 10.1. The first-order chi connectivity index (χ1) is 8.83. The zero-order valence-corrected chi connectivity index (χ0v) is 12.0. The largest absolute Gasteiger partial charge is 0.381 e. The van der Waals surface area contributed by atoms with E-state index < -0.39 is 0 Å². The van der Waals surface area contributed by atoms with Gasteiger partial charge in [-0.15, -0.1) is 0 Å². The first-order valence-corrected chi connectivity index (χ1v) is 7.16. The Balaban J connectivity index is 2.54. The van der Waals surface area contributed by atoms with Gasteiger partial charge >= 0.3 is 0 Å². The lowest BCUT2D eigenvalue weighted by atomic mass is 10.1. The summed E-state index contributed by atoms with van der Waals surface area (Å²) < 4.78 is 7.66. The Hall–Kier alpha value is -0.870. The van der Waals surface area contributed by atoms with E-state index in [0.717, 1.165) is 45.6 Å². The van der Waals surface area contributed by atoms with Crippen LogP contribution in [0.1, 0.15) is 51.8 Å². The summed E-state index contributed by atoms with van der Waals surface area (Å²) in [4.78, 5) is 0. The first-order valence-electron chi connectivity index (χ1n) is 7.16. The Morgan fingerprint density at radius 2 is 2.11 bits per heavy atom. The molecule has 1 N–H and O–H groups in total. The summed E-state index contributed by atoms with van der Waals surface area (Å²) in [6.07, 6.45) is 5.12. The molecule has 1 aromatic heterocycles. The van der Waals surface area contributed by atoms with Crippen molar-refractivity contribution in [3.8, 4) is 0 Å². The Labute approximate surface area is 111 Å². The van der Waals surface area contributed by atoms with Crippen LogP contribution in [0.5, 0.6) is 0 Å². The molecule has 4 nitrogen and oxygen atoms in total. The third-order valence-corrected chi connectivity index (χ3v) is 2.95. The maximum atomic E-state index is 5.60. The molecule has 104 valence electrons. The van der Waals surface area contributed by atoms with Crippen molar-refractivity contribution in [2.75, 3.05) is 19.8 Å². The molecule has 0 aliphatic carbocycles. The summed E-state index contributed by atoms with van der Waals surface area (Å²) in [5.41, 5.74) is 1.27. The van der Waals surface area contributed by atoms with Gasteiger partial charge in [0, 0.05) is 26.0 Å². The summed E-state index contributed by atoms with van der Waals surface area (Å²) >= 11 is 0. The molecule has 0 aliphatic heterocycles. The molecule has 0 aromatic carbocycles. The van der Waals surface area contributed by atoms with E-state index in [9.17, 15) is 0 Å². The van der Waals surface area contributed by atoms with Crippen LogP contribution in [0.3, 0.4) is 0 Å². The van der Waals surface area contributed by atoms with E-state index in [1.807, 2.05) is 6.20 Å². The van der Waals surface area contributed by atoms with Gasteiger partial charge in [0.05, 0.1) is 11.7 Å². The highest BCUT2D eigenvalue weighted by molar-refractivity contribution is 5.07. The Bertz CT molecular complexity index is 312. The van der Waals surface area contributed by atoms with Crippen molar-refractivity contribution in [1.82, 2.24) is 15.1 Å². The number of hydrogen-bond donors (Lipinski definition) is 1. The van der Waals surface area contributed by atoms with Crippen molar-refractivity contribution in [1.29, 1.82) is 0 Å². The predicted octanol–water partition coefficient (Wildman–Crippen LogP) is 2.76. The number of hydrogen-bond acceptors (Lipinski definition) is 3. The molecular weight excluding hydrogens is 226 g/mol. The molecule has 0 saturated carbocycles. The quantitative estimate of drug-likeness (QED) is 0.652. The maximum Gasteiger partial charge on any atom is 0.0554 e. The van der Waals surface area contributed by atoms with Gasteiger partial charge in [0.2, 0.25) is 0 Å². The molecule has 18 heavy (non-hydrogen) atoms. The molecule has 0 amide bonds. The number of nitrogens with one attached hydrogen (secondary N) is 1. The number of aromatic nitrogens is 2. The third-order valence-electron chi connectivity index (χ3n) is 2.95. The monoisotopic (exact) mass is 253 g/mol. The fourth-order valence-electron chi connectivity index (χ4n) is 2.02. The van der Waals surface area contributed by atoms with E-state index in [0.29, 0.717) is 6.04 Å². The second kappa shape index (κ2) is 9.11. The zero-order chi connectivity index (χ0) is 13.2. The fraction of sp³-hybridized carbons (Fsp3) is 0.786. The van der Waals surface area contributed by atoms with Crippen LogP contribution in [-0.2, 0) is 11.3 Å². The van der Waals surface area contributed by atoms with Gasteiger partial charge in [0.1, 0.15) is 0 Å². The highest BCUT2D eigenvalue weighted by Crippen LogP contribution is 2.16. The van der Waals surface area contributed by atoms with Crippen molar-refractivity contribution >= 4 is 0 Å². The molecule has 0 bridgehead atoms. The van der Waals surface area contributed by atoms with Gasteiger partial charge in [0.25, 0.3) is 0 Å². The molecule has 0 radical (unpaired) electrons. The Morgan fingerprint density at radius 3 is 2.78 bits per heavy atom. The second-order valence-electron chi connectivity index (χ2n) is 4.48. The molecule has 1 aromatic rings. The van der Waals surface area contributed by atoms with Gasteiger partial charge in [-0.3, -0.25) is 4.68 Å². The SMILES string of the molecule is CCCNC(CCOCCC)c1ccnn1CC. The Morgan fingerprint density at radius 1 is 1.28 bits per heavy atom. The topological polar surface area (TPSA) is 39.1 Å². The molecular formula is C14H27N3O. The molecule has 1 heterocycles. The van der Waals surface area contributed by atoms with E-state index in [-0.39, 0.29) is 0 Å². The van der Waals surface area contributed by atoms with Gasteiger partial charge in [0.15, 0.2) is 0 Å². The number of ether oxygens (including phenoxy) is 1. The highest BCUT2D eigenvalue weighted by Gasteiger charge is 2.14. The van der Waals surface area contributed by atoms with Crippen LogP contribution < -0.4 is 5.32 Å². The molecule has 0 aliphatic rings. The average Bonchev–Trinajstić information content (AvgIpc) is 2.86. The summed E-state index contributed by atoms with van der Waals surface area (Å²) in [7, 11) is 0. The predicted molar refractivity (Wildman–Crippen MR) is 74.7 cm³/mol. The molecule has 0 fully saturated rings. The number of aryl methyl sites for hydroxylation is 1. The van der Waals surface area contributed by atoms with Crippen molar-refractivity contribution in [2.45, 2.75) is 52.6 Å². The normalized spacial score (nSPS) is 12.8. The van der Waals surface area contributed by atoms with Gasteiger partial charge in [-0.2, -0.15) is 5.10 Å². The summed E-state index contributed by atoms with van der Waals surface area (Å²) in [6, 6.07) is 2.46. The summed E-state index contributed by atoms with van der Waals surface area (Å²) in [5.74, 6) is 0. The van der Waals surface area contributed by atoms with E-state index in [1.165, 1.54) is 5.69 Å². The third kappa shape index (κ3) is 4.78. The van der Waals surface area contributed by atoms with Crippen LogP contribution in [-0.4, -0.2) is 29.5 Å². The lowest BCUT2D eigenvalue weighted by Gasteiger charge is -2.19. The van der Waals surface area contributed by atoms with Crippen molar-refractivity contribution in [2.24, 2.45) is 0 Å². The van der Waals surface area contributed by atoms with E-state index in [1.54, 1.807) is 0 Å². The molecule has 1 unspecified atom stereocenters. The first kappa shape index (κ1) is 15.2. The van der Waals surface area contributed by atoms with Crippen LogP contribution in [0.4, 0.5) is 0 Å². The molecule has 4 heteroatoms. The Kier molecular flexibility index (Phi) is 7.69. The minimum absolute atomic E-state index is 0.351. The smallest absolute Gasteiger partial charge is 0.0554 e. The van der Waals surface area contributed by atoms with Gasteiger partial charge in [-0.25, -0.2) is 0 Å². The van der Waals surface area contributed by atoms with E-state index in [2.05, 4.69) is 41.9 Å². The minimum atomic E-state index is 0.351. The van der Waals surface area contributed by atoms with Gasteiger partial charge < -0.3 is 10.1 Å². The highest BCUT2D eigenvalue weighted by atomic mass is 16.5. The molecule has 1 rings (SSSR count). The minimum Gasteiger partial charge on any atom is -0.381 e. The maximum absolute atomic E-state index is 5.60. The van der Waals surface area contributed by atoms with Gasteiger partial charge in [-0.05, 0) is 38.8 Å².